The quantitative estimate of drug-likeness (QED) is 0.860. The van der Waals surface area contributed by atoms with Gasteiger partial charge in [0.15, 0.2) is 0 Å². The van der Waals surface area contributed by atoms with Gasteiger partial charge in [-0.05, 0) is 37.0 Å². The Morgan fingerprint density at radius 1 is 1.44 bits per heavy atom. The van der Waals surface area contributed by atoms with Crippen molar-refractivity contribution in [3.63, 3.8) is 0 Å². The number of piperidine rings is 1. The second-order valence-electron chi connectivity index (χ2n) is 4.66. The fourth-order valence-corrected chi connectivity index (χ4v) is 2.81. The summed E-state index contributed by atoms with van der Waals surface area (Å²) in [7, 11) is 1.76. The molecule has 96 valence electrons. The van der Waals surface area contributed by atoms with Crippen molar-refractivity contribution in [2.75, 3.05) is 31.7 Å². The highest BCUT2D eigenvalue weighted by atomic mass is 79.9. The lowest BCUT2D eigenvalue weighted by molar-refractivity contribution is 0.139. The Hall–Kier alpha value is -1.05. The monoisotopic (exact) mass is 308 g/mol. The Balaban J connectivity index is 2.08. The van der Waals surface area contributed by atoms with E-state index in [0.717, 1.165) is 48.3 Å². The van der Waals surface area contributed by atoms with Gasteiger partial charge in [-0.25, -0.2) is 0 Å². The van der Waals surface area contributed by atoms with Crippen LogP contribution in [0.5, 0.6) is 0 Å². The Bertz CT molecular complexity index is 448. The summed E-state index contributed by atoms with van der Waals surface area (Å²) in [4.78, 5) is 2.30. The third-order valence-electron chi connectivity index (χ3n) is 3.44. The van der Waals surface area contributed by atoms with E-state index < -0.39 is 0 Å². The number of hydrogen-bond donors (Lipinski definition) is 0. The van der Waals surface area contributed by atoms with E-state index in [9.17, 15) is 5.26 Å². The van der Waals surface area contributed by atoms with Gasteiger partial charge < -0.3 is 9.64 Å². The maximum atomic E-state index is 9.19. The second-order valence-corrected chi connectivity index (χ2v) is 5.57. The van der Waals surface area contributed by atoms with Crippen molar-refractivity contribution in [2.45, 2.75) is 12.8 Å². The van der Waals surface area contributed by atoms with Crippen molar-refractivity contribution in [2.24, 2.45) is 5.92 Å². The van der Waals surface area contributed by atoms with Crippen LogP contribution in [0.4, 0.5) is 5.69 Å². The van der Waals surface area contributed by atoms with Crippen LogP contribution in [0, 0.1) is 17.2 Å². The highest BCUT2D eigenvalue weighted by Crippen LogP contribution is 2.28. The lowest BCUT2D eigenvalue weighted by Crippen LogP contribution is -2.35. The summed E-state index contributed by atoms with van der Waals surface area (Å²) in [6, 6.07) is 8.18. The van der Waals surface area contributed by atoms with Gasteiger partial charge in [0.2, 0.25) is 0 Å². The van der Waals surface area contributed by atoms with Crippen molar-refractivity contribution in [1.82, 2.24) is 0 Å². The van der Waals surface area contributed by atoms with Gasteiger partial charge in [-0.2, -0.15) is 5.26 Å². The lowest BCUT2D eigenvalue weighted by atomic mass is 9.97. The molecule has 4 heteroatoms. The Labute approximate surface area is 116 Å². The van der Waals surface area contributed by atoms with Crippen LogP contribution < -0.4 is 4.90 Å². The first-order valence-corrected chi connectivity index (χ1v) is 6.97. The van der Waals surface area contributed by atoms with Crippen LogP contribution in [0.1, 0.15) is 18.4 Å². The molecule has 0 atom stereocenters. The molecule has 1 saturated heterocycles. The molecule has 0 aromatic heterocycles. The zero-order valence-corrected chi connectivity index (χ0v) is 12.1. The summed E-state index contributed by atoms with van der Waals surface area (Å²) in [6.45, 7) is 2.86. The number of nitriles is 1. The number of nitrogens with zero attached hydrogens (tertiary/aromatic N) is 2. The molecule has 0 amide bonds. The summed E-state index contributed by atoms with van der Waals surface area (Å²) in [6.07, 6.45) is 2.27. The third kappa shape index (κ3) is 3.04. The van der Waals surface area contributed by atoms with Crippen LogP contribution >= 0.6 is 15.9 Å². The molecular formula is C14H17BrN2O. The van der Waals surface area contributed by atoms with Gasteiger partial charge in [-0.1, -0.05) is 15.9 Å². The average molecular weight is 309 g/mol. The summed E-state index contributed by atoms with van der Waals surface area (Å²) in [5.41, 5.74) is 1.80. The fraction of sp³-hybridized carbons (Fsp3) is 0.500. The van der Waals surface area contributed by atoms with E-state index in [4.69, 9.17) is 4.74 Å². The first-order valence-electron chi connectivity index (χ1n) is 6.18. The maximum Gasteiger partial charge on any atom is 0.101 e. The number of halogens is 1. The molecule has 0 saturated carbocycles. The van der Waals surface area contributed by atoms with Crippen LogP contribution in [-0.2, 0) is 4.74 Å². The first kappa shape index (κ1) is 13.4. The molecule has 18 heavy (non-hydrogen) atoms. The summed E-state index contributed by atoms with van der Waals surface area (Å²) < 4.78 is 6.16. The minimum atomic E-state index is 0.659. The van der Waals surface area contributed by atoms with Crippen LogP contribution in [0.15, 0.2) is 22.7 Å². The van der Waals surface area contributed by atoms with Crippen molar-refractivity contribution < 1.29 is 4.74 Å². The molecule has 1 heterocycles. The van der Waals surface area contributed by atoms with E-state index in [1.807, 2.05) is 18.2 Å². The molecule has 0 bridgehead atoms. The highest BCUT2D eigenvalue weighted by Gasteiger charge is 2.20. The van der Waals surface area contributed by atoms with Gasteiger partial charge in [0.25, 0.3) is 0 Å². The van der Waals surface area contributed by atoms with Crippen LogP contribution in [0.2, 0.25) is 0 Å². The summed E-state index contributed by atoms with van der Waals surface area (Å²) in [5, 5.41) is 9.19. The third-order valence-corrected chi connectivity index (χ3v) is 3.93. The molecule has 1 fully saturated rings. The number of anilines is 1. The average Bonchev–Trinajstić information content (AvgIpc) is 2.40. The van der Waals surface area contributed by atoms with E-state index >= 15 is 0 Å². The van der Waals surface area contributed by atoms with Gasteiger partial charge in [0.1, 0.15) is 6.07 Å². The van der Waals surface area contributed by atoms with Crippen molar-refractivity contribution >= 4 is 21.6 Å². The highest BCUT2D eigenvalue weighted by molar-refractivity contribution is 9.10. The molecule has 0 N–H and O–H groups in total. The molecule has 0 unspecified atom stereocenters. The van der Waals surface area contributed by atoms with Crippen LogP contribution in [-0.4, -0.2) is 26.8 Å². The van der Waals surface area contributed by atoms with Gasteiger partial charge in [0.05, 0.1) is 11.3 Å². The largest absolute Gasteiger partial charge is 0.384 e. The van der Waals surface area contributed by atoms with E-state index in [0.29, 0.717) is 5.92 Å². The van der Waals surface area contributed by atoms with Gasteiger partial charge in [-0.3, -0.25) is 0 Å². The van der Waals surface area contributed by atoms with Crippen LogP contribution in [0.3, 0.4) is 0 Å². The summed E-state index contributed by atoms with van der Waals surface area (Å²) >= 11 is 3.41. The zero-order valence-electron chi connectivity index (χ0n) is 10.5. The molecule has 1 aliphatic heterocycles. The minimum Gasteiger partial charge on any atom is -0.384 e. The first-order chi connectivity index (χ1) is 8.74. The predicted octanol–water partition coefficient (Wildman–Crippen LogP) is 3.18. The number of benzene rings is 1. The smallest absolute Gasteiger partial charge is 0.101 e. The second kappa shape index (κ2) is 6.21. The molecular weight excluding hydrogens is 292 g/mol. The standard InChI is InChI=1S/C14H17BrN2O/c1-18-10-11-4-6-17(7-5-11)14-3-2-13(15)8-12(14)9-16/h2-3,8,11H,4-7,10H2,1H3. The Kier molecular flexibility index (Phi) is 4.62. The minimum absolute atomic E-state index is 0.659. The van der Waals surface area contributed by atoms with Crippen LogP contribution in [0.25, 0.3) is 0 Å². The molecule has 2 rings (SSSR count). The van der Waals surface area contributed by atoms with Gasteiger partial charge in [-0.15, -0.1) is 0 Å². The Morgan fingerprint density at radius 3 is 2.78 bits per heavy atom. The molecule has 1 aromatic carbocycles. The predicted molar refractivity (Wildman–Crippen MR) is 75.7 cm³/mol. The fourth-order valence-electron chi connectivity index (χ4n) is 2.45. The van der Waals surface area contributed by atoms with Gasteiger partial charge >= 0.3 is 0 Å². The SMILES string of the molecule is COCC1CCN(c2ccc(Br)cc2C#N)CC1. The molecule has 3 nitrogen and oxygen atoms in total. The van der Waals surface area contributed by atoms with Crippen molar-refractivity contribution in [3.8, 4) is 6.07 Å². The number of rotatable bonds is 3. The topological polar surface area (TPSA) is 36.3 Å². The molecule has 0 aliphatic carbocycles. The lowest BCUT2D eigenvalue weighted by Gasteiger charge is -2.33. The molecule has 1 aliphatic rings. The van der Waals surface area contributed by atoms with E-state index in [-0.39, 0.29) is 0 Å². The number of ether oxygens (including phenoxy) is 1. The Morgan fingerprint density at radius 2 is 2.17 bits per heavy atom. The number of methoxy groups -OCH3 is 1. The molecule has 0 radical (unpaired) electrons. The van der Waals surface area contributed by atoms with Gasteiger partial charge in [0, 0.05) is 31.3 Å². The van der Waals surface area contributed by atoms with E-state index in [1.54, 1.807) is 7.11 Å². The van der Waals surface area contributed by atoms with E-state index in [2.05, 4.69) is 26.9 Å². The van der Waals surface area contributed by atoms with E-state index in [1.165, 1.54) is 0 Å². The van der Waals surface area contributed by atoms with Crippen molar-refractivity contribution in [1.29, 1.82) is 5.26 Å². The summed E-state index contributed by atoms with van der Waals surface area (Å²) in [5.74, 6) is 0.659. The molecule has 0 spiro atoms. The maximum absolute atomic E-state index is 9.19. The molecule has 1 aromatic rings. The van der Waals surface area contributed by atoms with Crippen molar-refractivity contribution in [3.05, 3.63) is 28.2 Å². The number of hydrogen-bond acceptors (Lipinski definition) is 3. The zero-order chi connectivity index (χ0) is 13.0. The normalized spacial score (nSPS) is 16.6.